The fraction of sp³-hybridized carbons (Fsp3) is 0.0500. The third-order valence-electron chi connectivity index (χ3n) is 4.13. The number of methoxy groups -OCH3 is 1. The van der Waals surface area contributed by atoms with Gasteiger partial charge in [-0.05, 0) is 42.5 Å². The first-order valence-corrected chi connectivity index (χ1v) is 9.35. The number of carbonyl (C=O) groups excluding carboxylic acids is 2. The Morgan fingerprint density at radius 2 is 1.90 bits per heavy atom. The minimum Gasteiger partial charge on any atom is -0.497 e. The molecular formula is C20H15FN4O3S. The highest BCUT2D eigenvalue weighted by Crippen LogP contribution is 2.30. The predicted molar refractivity (Wildman–Crippen MR) is 109 cm³/mol. The van der Waals surface area contributed by atoms with Gasteiger partial charge < -0.3 is 15.4 Å². The van der Waals surface area contributed by atoms with Gasteiger partial charge in [0.1, 0.15) is 16.4 Å². The number of amides is 2. The van der Waals surface area contributed by atoms with Gasteiger partial charge in [-0.2, -0.15) is 5.10 Å². The van der Waals surface area contributed by atoms with Crippen LogP contribution < -0.4 is 15.4 Å². The molecule has 0 fully saturated rings. The molecule has 2 heterocycles. The minimum absolute atomic E-state index is 0.314. The van der Waals surface area contributed by atoms with Crippen molar-refractivity contribution in [2.75, 3.05) is 17.7 Å². The first-order chi connectivity index (χ1) is 14.0. The molecule has 0 unspecified atom stereocenters. The lowest BCUT2D eigenvalue weighted by Gasteiger charge is -2.04. The molecule has 0 saturated carbocycles. The summed E-state index contributed by atoms with van der Waals surface area (Å²) in [6, 6.07) is 14.0. The zero-order chi connectivity index (χ0) is 20.4. The fourth-order valence-corrected chi connectivity index (χ4v) is 3.62. The molecule has 0 aliphatic heterocycles. The summed E-state index contributed by atoms with van der Waals surface area (Å²) < 4.78 is 18.4. The number of anilines is 2. The van der Waals surface area contributed by atoms with Gasteiger partial charge in [0, 0.05) is 11.3 Å². The van der Waals surface area contributed by atoms with Crippen LogP contribution in [0.5, 0.6) is 5.75 Å². The van der Waals surface area contributed by atoms with Crippen LogP contribution in [0.3, 0.4) is 0 Å². The van der Waals surface area contributed by atoms with Crippen molar-refractivity contribution in [3.8, 4) is 5.75 Å². The van der Waals surface area contributed by atoms with Gasteiger partial charge in [0.2, 0.25) is 0 Å². The molecule has 3 N–H and O–H groups in total. The Morgan fingerprint density at radius 1 is 1.07 bits per heavy atom. The van der Waals surface area contributed by atoms with E-state index < -0.39 is 5.82 Å². The van der Waals surface area contributed by atoms with Gasteiger partial charge in [0.05, 0.1) is 17.4 Å². The standard InChI is InChI=1S/C20H15FN4O3S/c1-28-14-7-2-4-11(8-14)18(26)23-17-15-10-16(29-20(15)25-24-17)19(27)22-13-6-3-5-12(21)9-13/h2-10H,1H3,(H,22,27)(H2,23,24,25,26). The Bertz CT molecular complexity index is 1220. The monoisotopic (exact) mass is 410 g/mol. The maximum absolute atomic E-state index is 13.3. The molecule has 2 aromatic carbocycles. The van der Waals surface area contributed by atoms with Crippen LogP contribution in [0.25, 0.3) is 10.2 Å². The molecular weight excluding hydrogens is 395 g/mol. The predicted octanol–water partition coefficient (Wildman–Crippen LogP) is 4.28. The lowest BCUT2D eigenvalue weighted by molar-refractivity contribution is 0.102. The van der Waals surface area contributed by atoms with Crippen molar-refractivity contribution >= 4 is 44.9 Å². The molecule has 0 bridgehead atoms. The van der Waals surface area contributed by atoms with Gasteiger partial charge >= 0.3 is 0 Å². The fourth-order valence-electron chi connectivity index (χ4n) is 2.73. The third-order valence-corrected chi connectivity index (χ3v) is 5.17. The lowest BCUT2D eigenvalue weighted by atomic mass is 10.2. The Hall–Kier alpha value is -3.72. The van der Waals surface area contributed by atoms with Crippen LogP contribution in [-0.2, 0) is 0 Å². The summed E-state index contributed by atoms with van der Waals surface area (Å²) in [7, 11) is 1.52. The Labute approximate surface area is 168 Å². The molecule has 0 spiro atoms. The number of aromatic nitrogens is 2. The van der Waals surface area contributed by atoms with Crippen LogP contribution in [0.2, 0.25) is 0 Å². The molecule has 2 aromatic heterocycles. The average Bonchev–Trinajstić information content (AvgIpc) is 3.30. The maximum Gasteiger partial charge on any atom is 0.265 e. The van der Waals surface area contributed by atoms with E-state index in [1.165, 1.54) is 36.6 Å². The number of carbonyl (C=O) groups is 2. The number of ether oxygens (including phenoxy) is 1. The molecule has 2 amide bonds. The normalized spacial score (nSPS) is 10.7. The minimum atomic E-state index is -0.437. The van der Waals surface area contributed by atoms with E-state index in [1.54, 1.807) is 36.4 Å². The van der Waals surface area contributed by atoms with Gasteiger partial charge in [0.25, 0.3) is 11.8 Å². The third kappa shape index (κ3) is 3.94. The van der Waals surface area contributed by atoms with Crippen molar-refractivity contribution < 1.29 is 18.7 Å². The number of H-pyrrole nitrogens is 1. The van der Waals surface area contributed by atoms with E-state index in [-0.39, 0.29) is 11.8 Å². The number of halogens is 1. The SMILES string of the molecule is COc1cccc(C(=O)Nc2n[nH]c3sc(C(=O)Nc4cccc(F)c4)cc23)c1. The number of aromatic amines is 1. The van der Waals surface area contributed by atoms with Crippen molar-refractivity contribution in [2.45, 2.75) is 0 Å². The second-order valence-corrected chi connectivity index (χ2v) is 7.13. The van der Waals surface area contributed by atoms with E-state index in [0.29, 0.717) is 37.9 Å². The van der Waals surface area contributed by atoms with Gasteiger partial charge in [-0.3, -0.25) is 14.7 Å². The second-order valence-electron chi connectivity index (χ2n) is 6.08. The Morgan fingerprint density at radius 3 is 2.69 bits per heavy atom. The van der Waals surface area contributed by atoms with Crippen LogP contribution in [0.4, 0.5) is 15.9 Å². The van der Waals surface area contributed by atoms with Gasteiger partial charge in [-0.15, -0.1) is 11.3 Å². The van der Waals surface area contributed by atoms with E-state index >= 15 is 0 Å². The second kappa shape index (κ2) is 7.72. The highest BCUT2D eigenvalue weighted by atomic mass is 32.1. The molecule has 0 saturated heterocycles. The smallest absolute Gasteiger partial charge is 0.265 e. The van der Waals surface area contributed by atoms with Crippen molar-refractivity contribution in [3.63, 3.8) is 0 Å². The van der Waals surface area contributed by atoms with E-state index in [0.717, 1.165) is 0 Å². The molecule has 9 heteroatoms. The molecule has 0 radical (unpaired) electrons. The number of nitrogens with zero attached hydrogens (tertiary/aromatic N) is 1. The van der Waals surface area contributed by atoms with Crippen LogP contribution in [0, 0.1) is 5.82 Å². The van der Waals surface area contributed by atoms with E-state index in [4.69, 9.17) is 4.74 Å². The van der Waals surface area contributed by atoms with Crippen LogP contribution in [-0.4, -0.2) is 29.1 Å². The molecule has 7 nitrogen and oxygen atoms in total. The van der Waals surface area contributed by atoms with Crippen LogP contribution in [0.1, 0.15) is 20.0 Å². The van der Waals surface area contributed by atoms with E-state index in [9.17, 15) is 14.0 Å². The first-order valence-electron chi connectivity index (χ1n) is 8.54. The van der Waals surface area contributed by atoms with E-state index in [1.807, 2.05) is 0 Å². The van der Waals surface area contributed by atoms with E-state index in [2.05, 4.69) is 20.8 Å². The molecule has 0 aliphatic carbocycles. The highest BCUT2D eigenvalue weighted by Gasteiger charge is 2.17. The Kier molecular flexibility index (Phi) is 4.96. The number of nitrogens with one attached hydrogen (secondary N) is 3. The Balaban J connectivity index is 1.54. The number of hydrogen-bond acceptors (Lipinski definition) is 5. The number of hydrogen-bond donors (Lipinski definition) is 3. The van der Waals surface area contributed by atoms with Gasteiger partial charge in [-0.1, -0.05) is 12.1 Å². The topological polar surface area (TPSA) is 96.1 Å². The van der Waals surface area contributed by atoms with Crippen LogP contribution in [0.15, 0.2) is 54.6 Å². The summed E-state index contributed by atoms with van der Waals surface area (Å²) >= 11 is 1.18. The summed E-state index contributed by atoms with van der Waals surface area (Å²) in [5.41, 5.74) is 0.775. The molecule has 0 aliphatic rings. The average molecular weight is 410 g/mol. The zero-order valence-corrected chi connectivity index (χ0v) is 16.0. The highest BCUT2D eigenvalue weighted by molar-refractivity contribution is 7.20. The molecule has 4 rings (SSSR count). The summed E-state index contributed by atoms with van der Waals surface area (Å²) in [6.45, 7) is 0. The van der Waals surface area contributed by atoms with Crippen molar-refractivity contribution in [3.05, 3.63) is 70.9 Å². The summed E-state index contributed by atoms with van der Waals surface area (Å²) in [6.07, 6.45) is 0. The quantitative estimate of drug-likeness (QED) is 0.458. The number of fused-ring (bicyclic) bond motifs is 1. The summed E-state index contributed by atoms with van der Waals surface area (Å²) in [5.74, 6) is -0.289. The number of benzene rings is 2. The van der Waals surface area contributed by atoms with Crippen molar-refractivity contribution in [1.29, 1.82) is 0 Å². The number of rotatable bonds is 5. The zero-order valence-electron chi connectivity index (χ0n) is 15.2. The van der Waals surface area contributed by atoms with Gasteiger partial charge in [-0.25, -0.2) is 4.39 Å². The van der Waals surface area contributed by atoms with Crippen molar-refractivity contribution in [2.24, 2.45) is 0 Å². The molecule has 146 valence electrons. The first kappa shape index (κ1) is 18.6. The molecule has 4 aromatic rings. The number of thiophene rings is 1. The largest absolute Gasteiger partial charge is 0.497 e. The van der Waals surface area contributed by atoms with Gasteiger partial charge in [0.15, 0.2) is 5.82 Å². The lowest BCUT2D eigenvalue weighted by Crippen LogP contribution is -2.12. The van der Waals surface area contributed by atoms with Crippen LogP contribution >= 0.6 is 11.3 Å². The maximum atomic E-state index is 13.3. The van der Waals surface area contributed by atoms with Crippen molar-refractivity contribution in [1.82, 2.24) is 10.2 Å². The summed E-state index contributed by atoms with van der Waals surface area (Å²) in [4.78, 5) is 26.0. The molecule has 29 heavy (non-hydrogen) atoms. The molecule has 0 atom stereocenters. The summed E-state index contributed by atoms with van der Waals surface area (Å²) in [5, 5.41) is 12.9.